The summed E-state index contributed by atoms with van der Waals surface area (Å²) in [6.45, 7) is 16.2. The zero-order chi connectivity index (χ0) is 27.0. The smallest absolute Gasteiger partial charge is 0.410 e. The fourth-order valence-electron chi connectivity index (χ4n) is 4.63. The molecule has 2 aliphatic rings. The van der Waals surface area contributed by atoms with Crippen LogP contribution in [0.15, 0.2) is 24.3 Å². The molecule has 0 radical (unpaired) electrons. The number of hydrogen-bond acceptors (Lipinski definition) is 6. The standard InChI is InChI=1S/C27H42BN3O5Si/c1-18-34-25(35-18)23-22(19-10-12-20(28)13-11-19)29-24(31(23)17-33-15-16-37(5,6)7)21-9-8-14-30(21)26(32)36-27(2,3)4/h10-13,18,21,25H,8-9,14-17,28H2,1-7H3. The van der Waals surface area contributed by atoms with Gasteiger partial charge in [0.15, 0.2) is 6.29 Å². The monoisotopic (exact) mass is 527 g/mol. The van der Waals surface area contributed by atoms with Crippen LogP contribution in [0.2, 0.25) is 25.7 Å². The molecule has 2 saturated heterocycles. The SMILES string of the molecule is Bc1ccc(-c2nc(C3CCCN3C(=O)OC(C)(C)C)n(COCC[Si](C)(C)C)c2C2OC(C)O2)cc1. The maximum Gasteiger partial charge on any atom is 0.410 e. The number of aromatic nitrogens is 2. The molecule has 3 heterocycles. The molecular formula is C27H42BN3O5Si. The van der Waals surface area contributed by atoms with Crippen molar-refractivity contribution >= 4 is 27.5 Å². The van der Waals surface area contributed by atoms with Crippen LogP contribution in [0.5, 0.6) is 0 Å². The number of likely N-dealkylation sites (tertiary alicyclic amines) is 1. The lowest BCUT2D eigenvalue weighted by Crippen LogP contribution is -2.38. The van der Waals surface area contributed by atoms with Gasteiger partial charge in [-0.1, -0.05) is 49.4 Å². The highest BCUT2D eigenvalue weighted by atomic mass is 28.3. The Morgan fingerprint density at radius 3 is 2.46 bits per heavy atom. The van der Waals surface area contributed by atoms with Crippen molar-refractivity contribution in [1.29, 1.82) is 0 Å². The fraction of sp³-hybridized carbons (Fsp3) is 0.630. The molecule has 202 valence electrons. The highest BCUT2D eigenvalue weighted by Gasteiger charge is 2.41. The van der Waals surface area contributed by atoms with Gasteiger partial charge in [-0.05, 0) is 46.6 Å². The Bertz CT molecular complexity index is 1090. The molecule has 0 spiro atoms. The fourth-order valence-corrected chi connectivity index (χ4v) is 5.39. The Labute approximate surface area is 223 Å². The van der Waals surface area contributed by atoms with Crippen LogP contribution < -0.4 is 5.46 Å². The van der Waals surface area contributed by atoms with Gasteiger partial charge >= 0.3 is 6.09 Å². The number of carbonyl (C=O) groups excluding carboxylic acids is 1. The third-order valence-electron chi connectivity index (χ3n) is 6.61. The number of carbonyl (C=O) groups is 1. The van der Waals surface area contributed by atoms with E-state index in [0.29, 0.717) is 19.9 Å². The van der Waals surface area contributed by atoms with Gasteiger partial charge in [-0.2, -0.15) is 0 Å². The van der Waals surface area contributed by atoms with Crippen molar-refractivity contribution in [3.05, 3.63) is 35.8 Å². The molecule has 1 atom stereocenters. The predicted molar refractivity (Wildman–Crippen MR) is 149 cm³/mol. The zero-order valence-electron chi connectivity index (χ0n) is 23.7. The molecule has 2 fully saturated rings. The predicted octanol–water partition coefficient (Wildman–Crippen LogP) is 4.58. The van der Waals surface area contributed by atoms with Crippen LogP contribution in [0.1, 0.15) is 64.4 Å². The van der Waals surface area contributed by atoms with Crippen molar-refractivity contribution in [3.63, 3.8) is 0 Å². The minimum atomic E-state index is -1.25. The molecule has 1 amide bonds. The summed E-state index contributed by atoms with van der Waals surface area (Å²) in [5.74, 6) is 0.786. The van der Waals surface area contributed by atoms with Crippen LogP contribution in [-0.4, -0.2) is 61.5 Å². The molecule has 8 nitrogen and oxygen atoms in total. The maximum absolute atomic E-state index is 13.2. The van der Waals surface area contributed by atoms with E-state index in [1.165, 1.54) is 5.46 Å². The normalized spacial score (nSPS) is 22.2. The molecule has 4 rings (SSSR count). The number of imidazole rings is 1. The molecule has 2 aliphatic heterocycles. The van der Waals surface area contributed by atoms with Crippen molar-refractivity contribution in [2.75, 3.05) is 13.2 Å². The highest BCUT2D eigenvalue weighted by molar-refractivity contribution is 6.76. The second-order valence-electron chi connectivity index (χ2n) is 12.3. The third-order valence-corrected chi connectivity index (χ3v) is 8.31. The molecule has 1 unspecified atom stereocenters. The van der Waals surface area contributed by atoms with E-state index in [2.05, 4.69) is 56.3 Å². The first-order valence-electron chi connectivity index (χ1n) is 13.4. The average molecular weight is 528 g/mol. The van der Waals surface area contributed by atoms with E-state index in [1.807, 2.05) is 27.7 Å². The van der Waals surface area contributed by atoms with E-state index in [9.17, 15) is 4.79 Å². The van der Waals surface area contributed by atoms with E-state index in [0.717, 1.165) is 41.7 Å². The van der Waals surface area contributed by atoms with E-state index in [4.69, 9.17) is 23.9 Å². The minimum absolute atomic E-state index is 0.217. The van der Waals surface area contributed by atoms with E-state index in [1.54, 1.807) is 4.90 Å². The summed E-state index contributed by atoms with van der Waals surface area (Å²) in [5.41, 5.74) is 3.23. The molecule has 2 aromatic rings. The molecule has 0 saturated carbocycles. The molecule has 1 aromatic carbocycles. The van der Waals surface area contributed by atoms with Gasteiger partial charge in [-0.3, -0.25) is 4.90 Å². The van der Waals surface area contributed by atoms with E-state index < -0.39 is 20.0 Å². The van der Waals surface area contributed by atoms with E-state index in [-0.39, 0.29) is 18.4 Å². The third kappa shape index (κ3) is 6.85. The minimum Gasteiger partial charge on any atom is -0.444 e. The van der Waals surface area contributed by atoms with E-state index >= 15 is 0 Å². The van der Waals surface area contributed by atoms with Gasteiger partial charge in [-0.25, -0.2) is 9.78 Å². The summed E-state index contributed by atoms with van der Waals surface area (Å²) in [6.07, 6.45) is 0.563. The summed E-state index contributed by atoms with van der Waals surface area (Å²) in [5, 5.41) is 0. The van der Waals surface area contributed by atoms with Crippen LogP contribution in [0, 0.1) is 0 Å². The van der Waals surface area contributed by atoms with Crippen molar-refractivity contribution in [3.8, 4) is 11.3 Å². The summed E-state index contributed by atoms with van der Waals surface area (Å²) in [4.78, 5) is 20.1. The molecular weight excluding hydrogens is 485 g/mol. The van der Waals surface area contributed by atoms with Gasteiger partial charge < -0.3 is 23.5 Å². The zero-order valence-corrected chi connectivity index (χ0v) is 24.7. The molecule has 37 heavy (non-hydrogen) atoms. The topological polar surface area (TPSA) is 75.1 Å². The maximum atomic E-state index is 13.2. The summed E-state index contributed by atoms with van der Waals surface area (Å²) >= 11 is 0. The second-order valence-corrected chi connectivity index (χ2v) is 18.0. The van der Waals surface area contributed by atoms with Crippen LogP contribution in [0.4, 0.5) is 4.79 Å². The van der Waals surface area contributed by atoms with Crippen LogP contribution >= 0.6 is 0 Å². The highest BCUT2D eigenvalue weighted by Crippen LogP contribution is 2.42. The molecule has 0 bridgehead atoms. The Kier molecular flexibility index (Phi) is 8.23. The number of hydrogen-bond donors (Lipinski definition) is 0. The number of amides is 1. The largest absolute Gasteiger partial charge is 0.444 e. The molecule has 0 aliphatic carbocycles. The Balaban J connectivity index is 1.74. The molecule has 10 heteroatoms. The van der Waals surface area contributed by atoms with Gasteiger partial charge in [0.25, 0.3) is 0 Å². The van der Waals surface area contributed by atoms with Gasteiger partial charge in [0.2, 0.25) is 6.29 Å². The van der Waals surface area contributed by atoms with Crippen molar-refractivity contribution in [2.45, 2.75) is 97.2 Å². The number of benzene rings is 1. The van der Waals surface area contributed by atoms with Crippen molar-refractivity contribution in [2.24, 2.45) is 0 Å². The lowest BCUT2D eigenvalue weighted by Gasteiger charge is -2.35. The number of ether oxygens (including phenoxy) is 4. The van der Waals surface area contributed by atoms with Crippen LogP contribution in [0.3, 0.4) is 0 Å². The van der Waals surface area contributed by atoms with Crippen molar-refractivity contribution < 1.29 is 23.7 Å². The quantitative estimate of drug-likeness (QED) is 0.370. The lowest BCUT2D eigenvalue weighted by atomic mass is 9.94. The Hall–Kier alpha value is -2.14. The first kappa shape index (κ1) is 27.9. The first-order valence-corrected chi connectivity index (χ1v) is 17.1. The van der Waals surface area contributed by atoms with Gasteiger partial charge in [0, 0.05) is 26.8 Å². The second kappa shape index (κ2) is 10.9. The van der Waals surface area contributed by atoms with Crippen LogP contribution in [0.25, 0.3) is 11.3 Å². The van der Waals surface area contributed by atoms with Gasteiger partial charge in [0.05, 0.1) is 11.7 Å². The van der Waals surface area contributed by atoms with Gasteiger partial charge in [-0.15, -0.1) is 0 Å². The number of nitrogens with zero attached hydrogens (tertiary/aromatic N) is 3. The summed E-state index contributed by atoms with van der Waals surface area (Å²) < 4.78 is 26.0. The Morgan fingerprint density at radius 2 is 1.86 bits per heavy atom. The summed E-state index contributed by atoms with van der Waals surface area (Å²) in [6, 6.07) is 9.16. The van der Waals surface area contributed by atoms with Gasteiger partial charge in [0.1, 0.15) is 31.7 Å². The molecule has 1 aromatic heterocycles. The Morgan fingerprint density at radius 1 is 1.19 bits per heavy atom. The lowest BCUT2D eigenvalue weighted by molar-refractivity contribution is -0.384. The van der Waals surface area contributed by atoms with Crippen molar-refractivity contribution in [1.82, 2.24) is 14.5 Å². The van der Waals surface area contributed by atoms with Crippen LogP contribution in [-0.2, 0) is 25.7 Å². The molecule has 0 N–H and O–H groups in total. The average Bonchev–Trinajstić information content (AvgIpc) is 3.38. The summed E-state index contributed by atoms with van der Waals surface area (Å²) in [7, 11) is 0.822. The first-order chi connectivity index (χ1) is 17.3. The number of rotatable bonds is 8.